The van der Waals surface area contributed by atoms with Gasteiger partial charge in [-0.3, -0.25) is 9.79 Å². The van der Waals surface area contributed by atoms with Crippen LogP contribution in [0.3, 0.4) is 0 Å². The van der Waals surface area contributed by atoms with Crippen LogP contribution in [0.1, 0.15) is 23.6 Å². The van der Waals surface area contributed by atoms with E-state index in [1.807, 2.05) is 60.8 Å². The minimum atomic E-state index is -0.483. The van der Waals surface area contributed by atoms with E-state index >= 15 is 0 Å². The van der Waals surface area contributed by atoms with Crippen LogP contribution in [-0.2, 0) is 17.8 Å². The van der Waals surface area contributed by atoms with Gasteiger partial charge in [0.05, 0.1) is 18.1 Å². The molecule has 6 heteroatoms. The Kier molecular flexibility index (Phi) is 5.21. The number of nitrogens with two attached hydrogens (primary N) is 1. The van der Waals surface area contributed by atoms with Gasteiger partial charge in [-0.15, -0.1) is 0 Å². The molecule has 3 aromatic carbocycles. The quantitative estimate of drug-likeness (QED) is 0.480. The average Bonchev–Trinajstić information content (AvgIpc) is 3.27. The summed E-state index contributed by atoms with van der Waals surface area (Å²) in [5.41, 5.74) is 11.6. The molecule has 0 fully saturated rings. The van der Waals surface area contributed by atoms with Crippen LogP contribution in [-0.4, -0.2) is 28.0 Å². The second-order valence-corrected chi connectivity index (χ2v) is 8.05. The van der Waals surface area contributed by atoms with Crippen molar-refractivity contribution in [3.05, 3.63) is 83.4 Å². The minimum absolute atomic E-state index is 0.00378. The molecule has 1 aliphatic rings. The number of benzene rings is 3. The molecule has 0 saturated carbocycles. The van der Waals surface area contributed by atoms with Crippen LogP contribution in [0.15, 0.2) is 71.7 Å². The number of carbonyl (C=O) groups excluding carboxylic acids is 1. The normalized spacial score (nSPS) is 13.2. The highest BCUT2D eigenvalue weighted by Crippen LogP contribution is 2.29. The Labute approximate surface area is 186 Å². The van der Waals surface area contributed by atoms with Gasteiger partial charge >= 0.3 is 0 Å². The van der Waals surface area contributed by atoms with E-state index in [1.165, 1.54) is 5.56 Å². The topological polar surface area (TPSA) is 93.3 Å². The molecule has 32 heavy (non-hydrogen) atoms. The predicted octanol–water partition coefficient (Wildman–Crippen LogP) is 4.43. The lowest BCUT2D eigenvalue weighted by atomic mass is 10.0. The molecule has 0 unspecified atom stereocenters. The predicted molar refractivity (Wildman–Crippen MR) is 128 cm³/mol. The highest BCUT2D eigenvalue weighted by molar-refractivity contribution is 5.93. The molecular formula is C26H23N5O. The van der Waals surface area contributed by atoms with Gasteiger partial charge in [-0.1, -0.05) is 36.4 Å². The van der Waals surface area contributed by atoms with Gasteiger partial charge in [0.1, 0.15) is 5.82 Å². The first kappa shape index (κ1) is 20.0. The maximum atomic E-state index is 12.1. The molecule has 1 aromatic heterocycles. The molecule has 1 atom stereocenters. The van der Waals surface area contributed by atoms with Crippen LogP contribution < -0.4 is 11.1 Å². The number of fused-ring (bicyclic) bond motifs is 2. The minimum Gasteiger partial charge on any atom is -0.340 e. The zero-order valence-corrected chi connectivity index (χ0v) is 17.7. The second kappa shape index (κ2) is 8.32. The second-order valence-electron chi connectivity index (χ2n) is 8.05. The van der Waals surface area contributed by atoms with E-state index in [2.05, 4.69) is 22.4 Å². The highest BCUT2D eigenvalue weighted by Gasteiger charge is 2.13. The van der Waals surface area contributed by atoms with Gasteiger partial charge in [-0.25, -0.2) is 9.97 Å². The summed E-state index contributed by atoms with van der Waals surface area (Å²) < 4.78 is 0. The van der Waals surface area contributed by atoms with Crippen LogP contribution in [0.5, 0.6) is 0 Å². The fourth-order valence-corrected chi connectivity index (χ4v) is 3.80. The third-order valence-corrected chi connectivity index (χ3v) is 5.58. The zero-order chi connectivity index (χ0) is 22.1. The van der Waals surface area contributed by atoms with Crippen molar-refractivity contribution in [1.29, 1.82) is 0 Å². The molecule has 0 radical (unpaired) electrons. The van der Waals surface area contributed by atoms with Crippen LogP contribution >= 0.6 is 0 Å². The summed E-state index contributed by atoms with van der Waals surface area (Å²) in [7, 11) is 0. The molecule has 2 heterocycles. The van der Waals surface area contributed by atoms with Gasteiger partial charge < -0.3 is 11.1 Å². The fraction of sp³-hybridized carbons (Fsp3) is 0.154. The average molecular weight is 422 g/mol. The number of carbonyl (C=O) groups is 1. The Bertz CT molecular complexity index is 1360. The number of hydrogen-bond donors (Lipinski definition) is 2. The number of nitrogens with one attached hydrogen (secondary N) is 1. The van der Waals surface area contributed by atoms with Gasteiger partial charge in [0, 0.05) is 29.3 Å². The molecule has 0 bridgehead atoms. The van der Waals surface area contributed by atoms with Crippen molar-refractivity contribution in [1.82, 2.24) is 9.97 Å². The van der Waals surface area contributed by atoms with E-state index < -0.39 is 6.04 Å². The number of ketones is 1. The Morgan fingerprint density at radius 3 is 2.81 bits per heavy atom. The summed E-state index contributed by atoms with van der Waals surface area (Å²) in [6.45, 7) is 2.44. The van der Waals surface area contributed by atoms with E-state index in [0.29, 0.717) is 12.2 Å². The fourth-order valence-electron chi connectivity index (χ4n) is 3.80. The highest BCUT2D eigenvalue weighted by atomic mass is 16.1. The number of hydrogen-bond acceptors (Lipinski definition) is 6. The number of nitrogens with zero attached hydrogens (tertiary/aromatic N) is 3. The summed E-state index contributed by atoms with van der Waals surface area (Å²) in [6, 6.07) is 21.4. The monoisotopic (exact) mass is 421 g/mol. The summed E-state index contributed by atoms with van der Waals surface area (Å²) in [6.07, 6.45) is 2.19. The van der Waals surface area contributed by atoms with Gasteiger partial charge in [0.25, 0.3) is 0 Å². The number of Topliss-reactive ketones (excluding diaryl/α,β-unsaturated/α-hetero) is 1. The van der Waals surface area contributed by atoms with Crippen LogP contribution in [0.4, 0.5) is 11.5 Å². The first-order valence-corrected chi connectivity index (χ1v) is 10.6. The van der Waals surface area contributed by atoms with E-state index in [0.717, 1.165) is 45.6 Å². The molecule has 5 rings (SSSR count). The SMILES string of the molecule is C[C@H](N)C(=O)Cc1cccc(-c2nc(Nc3ccc4c(c3)C=NC4)c3ccccc3n2)c1. The Balaban J connectivity index is 1.54. The largest absolute Gasteiger partial charge is 0.340 e. The maximum Gasteiger partial charge on any atom is 0.162 e. The molecule has 0 amide bonds. The Morgan fingerprint density at radius 2 is 1.94 bits per heavy atom. The molecule has 0 aliphatic carbocycles. The molecule has 1 aliphatic heterocycles. The molecular weight excluding hydrogens is 398 g/mol. The number of anilines is 2. The van der Waals surface area contributed by atoms with Gasteiger partial charge in [0.2, 0.25) is 0 Å². The lowest BCUT2D eigenvalue weighted by Crippen LogP contribution is -2.28. The van der Waals surface area contributed by atoms with Crippen molar-refractivity contribution in [2.75, 3.05) is 5.32 Å². The summed E-state index contributed by atoms with van der Waals surface area (Å²) in [5.74, 6) is 1.34. The van der Waals surface area contributed by atoms with Crippen LogP contribution in [0.25, 0.3) is 22.3 Å². The smallest absolute Gasteiger partial charge is 0.162 e. The molecule has 3 N–H and O–H groups in total. The van der Waals surface area contributed by atoms with Gasteiger partial charge in [-0.2, -0.15) is 0 Å². The maximum absolute atomic E-state index is 12.1. The number of aliphatic imine (C=N–C) groups is 1. The molecule has 6 nitrogen and oxygen atoms in total. The standard InChI is InChI=1S/C26H23N5O/c1-16(27)24(32)12-17-5-4-6-18(11-17)25-30-23-8-3-2-7-22(23)26(31-25)29-21-10-9-19-14-28-15-20(19)13-21/h2-11,13,15-16H,12,14,27H2,1H3,(H,29,30,31)/t16-/m0/s1. The molecule has 0 saturated heterocycles. The van der Waals surface area contributed by atoms with E-state index in [4.69, 9.17) is 15.7 Å². The number of rotatable bonds is 6. The summed E-state index contributed by atoms with van der Waals surface area (Å²) in [4.78, 5) is 26.1. The van der Waals surface area contributed by atoms with Crippen molar-refractivity contribution in [2.45, 2.75) is 25.9 Å². The van der Waals surface area contributed by atoms with E-state index in [9.17, 15) is 4.79 Å². The third kappa shape index (κ3) is 4.00. The van der Waals surface area contributed by atoms with Gasteiger partial charge in [0.15, 0.2) is 11.6 Å². The Morgan fingerprint density at radius 1 is 1.06 bits per heavy atom. The lowest BCUT2D eigenvalue weighted by molar-refractivity contribution is -0.119. The molecule has 4 aromatic rings. The molecule has 0 spiro atoms. The van der Waals surface area contributed by atoms with Crippen LogP contribution in [0, 0.1) is 0 Å². The summed E-state index contributed by atoms with van der Waals surface area (Å²) >= 11 is 0. The van der Waals surface area contributed by atoms with Crippen molar-refractivity contribution < 1.29 is 4.79 Å². The van der Waals surface area contributed by atoms with E-state index in [1.54, 1.807) is 6.92 Å². The van der Waals surface area contributed by atoms with Crippen molar-refractivity contribution in [3.8, 4) is 11.4 Å². The van der Waals surface area contributed by atoms with Crippen LogP contribution in [0.2, 0.25) is 0 Å². The van der Waals surface area contributed by atoms with E-state index in [-0.39, 0.29) is 5.78 Å². The van der Waals surface area contributed by atoms with Crippen molar-refractivity contribution in [2.24, 2.45) is 10.7 Å². The third-order valence-electron chi connectivity index (χ3n) is 5.58. The first-order valence-electron chi connectivity index (χ1n) is 10.6. The number of para-hydroxylation sites is 1. The first-order chi connectivity index (χ1) is 15.6. The lowest BCUT2D eigenvalue weighted by Gasteiger charge is -2.12. The summed E-state index contributed by atoms with van der Waals surface area (Å²) in [5, 5.41) is 4.40. The van der Waals surface area contributed by atoms with Gasteiger partial charge in [-0.05, 0) is 53.9 Å². The van der Waals surface area contributed by atoms with Crippen molar-refractivity contribution in [3.63, 3.8) is 0 Å². The Hall–Kier alpha value is -3.90. The molecule has 158 valence electrons. The van der Waals surface area contributed by atoms with Crippen molar-refractivity contribution >= 4 is 34.4 Å². The zero-order valence-electron chi connectivity index (χ0n) is 17.7. The number of aromatic nitrogens is 2.